The molecule has 2 aromatic heterocycles. The molecule has 1 aromatic carbocycles. The van der Waals surface area contributed by atoms with Crippen LogP contribution in [0.2, 0.25) is 0 Å². The third-order valence-electron chi connectivity index (χ3n) is 6.45. The topological polar surface area (TPSA) is 92.4 Å². The van der Waals surface area contributed by atoms with Crippen LogP contribution < -0.4 is 4.90 Å². The minimum Gasteiger partial charge on any atom is -0.436 e. The van der Waals surface area contributed by atoms with E-state index in [1.807, 2.05) is 37.3 Å². The Kier molecular flexibility index (Phi) is 5.44. The van der Waals surface area contributed by atoms with Crippen molar-refractivity contribution >= 4 is 17.6 Å². The van der Waals surface area contributed by atoms with Crippen LogP contribution in [0.15, 0.2) is 34.7 Å². The number of rotatable bonds is 4. The number of oxazole rings is 1. The van der Waals surface area contributed by atoms with Crippen LogP contribution in [0.3, 0.4) is 0 Å². The van der Waals surface area contributed by atoms with Gasteiger partial charge in [-0.1, -0.05) is 30.3 Å². The van der Waals surface area contributed by atoms with Gasteiger partial charge in [0.25, 0.3) is 5.91 Å². The normalized spacial score (nSPS) is 18.0. The Hall–Kier alpha value is -3.55. The molecule has 0 saturated carbocycles. The summed E-state index contributed by atoms with van der Waals surface area (Å²) >= 11 is 0. The van der Waals surface area contributed by atoms with Crippen LogP contribution in [0, 0.1) is 20.8 Å². The van der Waals surface area contributed by atoms with E-state index in [9.17, 15) is 9.59 Å². The van der Waals surface area contributed by atoms with Gasteiger partial charge in [-0.25, -0.2) is 15.0 Å². The van der Waals surface area contributed by atoms with E-state index in [2.05, 4.69) is 4.98 Å². The summed E-state index contributed by atoms with van der Waals surface area (Å²) < 4.78 is 5.55. The smallest absolute Gasteiger partial charge is 0.291 e. The molecule has 0 spiro atoms. The maximum absolute atomic E-state index is 13.1. The third kappa shape index (κ3) is 4.01. The Morgan fingerprint density at radius 2 is 1.88 bits per heavy atom. The number of carbonyl (C=O) groups is 2. The summed E-state index contributed by atoms with van der Waals surface area (Å²) in [6.07, 6.45) is 2.07. The number of benzene rings is 1. The zero-order valence-corrected chi connectivity index (χ0v) is 19.2. The summed E-state index contributed by atoms with van der Waals surface area (Å²) in [4.78, 5) is 43.3. The number of carbonyl (C=O) groups excluding carboxylic acids is 2. The number of nitrogens with zero attached hydrogens (tertiary/aromatic N) is 5. The highest BCUT2D eigenvalue weighted by Gasteiger charge is 2.34. The number of hydrogen-bond acceptors (Lipinski definition) is 6. The van der Waals surface area contributed by atoms with Gasteiger partial charge in [0, 0.05) is 37.2 Å². The van der Waals surface area contributed by atoms with Crippen LogP contribution in [0.1, 0.15) is 63.5 Å². The van der Waals surface area contributed by atoms with Gasteiger partial charge in [-0.3, -0.25) is 14.5 Å². The van der Waals surface area contributed by atoms with Gasteiger partial charge in [-0.05, 0) is 32.3 Å². The Morgan fingerprint density at radius 1 is 1.09 bits per heavy atom. The van der Waals surface area contributed by atoms with Crippen molar-refractivity contribution in [3.63, 3.8) is 0 Å². The molecule has 8 heteroatoms. The minimum absolute atomic E-state index is 0.00491. The Labute approximate surface area is 192 Å². The van der Waals surface area contributed by atoms with Gasteiger partial charge in [-0.15, -0.1) is 0 Å². The number of aryl methyl sites for hydroxylation is 3. The first-order valence-electron chi connectivity index (χ1n) is 11.4. The van der Waals surface area contributed by atoms with E-state index >= 15 is 0 Å². The first kappa shape index (κ1) is 21.3. The molecule has 0 bridgehead atoms. The lowest BCUT2D eigenvalue weighted by atomic mass is 9.96. The molecule has 0 N–H and O–H groups in total. The summed E-state index contributed by atoms with van der Waals surface area (Å²) in [5, 5.41) is 0. The Bertz CT molecular complexity index is 1220. The molecular weight excluding hydrogens is 418 g/mol. The van der Waals surface area contributed by atoms with E-state index in [0.29, 0.717) is 55.0 Å². The fourth-order valence-corrected chi connectivity index (χ4v) is 4.75. The van der Waals surface area contributed by atoms with Gasteiger partial charge < -0.3 is 9.32 Å². The van der Waals surface area contributed by atoms with Crippen molar-refractivity contribution < 1.29 is 14.0 Å². The number of amides is 2. The van der Waals surface area contributed by atoms with E-state index < -0.39 is 0 Å². The quantitative estimate of drug-likeness (QED) is 0.610. The average Bonchev–Trinajstić information content (AvgIpc) is 3.32. The van der Waals surface area contributed by atoms with Crippen molar-refractivity contribution in [2.24, 2.45) is 0 Å². The van der Waals surface area contributed by atoms with E-state index in [0.717, 1.165) is 29.7 Å². The second-order valence-corrected chi connectivity index (χ2v) is 8.85. The molecule has 2 aliphatic heterocycles. The minimum atomic E-state index is -0.142. The molecule has 170 valence electrons. The van der Waals surface area contributed by atoms with Crippen molar-refractivity contribution in [2.75, 3.05) is 18.0 Å². The summed E-state index contributed by atoms with van der Waals surface area (Å²) in [5.41, 5.74) is 3.41. The van der Waals surface area contributed by atoms with Crippen LogP contribution in [-0.2, 0) is 17.8 Å². The number of anilines is 1. The van der Waals surface area contributed by atoms with Gasteiger partial charge in [0.1, 0.15) is 11.6 Å². The monoisotopic (exact) mass is 445 g/mol. The number of hydrogen-bond donors (Lipinski definition) is 0. The summed E-state index contributed by atoms with van der Waals surface area (Å²) in [6, 6.07) is 9.93. The zero-order valence-electron chi connectivity index (χ0n) is 19.2. The fraction of sp³-hybridized carbons (Fsp3) is 0.400. The summed E-state index contributed by atoms with van der Waals surface area (Å²) in [7, 11) is 0. The molecule has 1 unspecified atom stereocenters. The number of aromatic nitrogens is 3. The second-order valence-electron chi connectivity index (χ2n) is 8.85. The van der Waals surface area contributed by atoms with Crippen molar-refractivity contribution in [1.29, 1.82) is 0 Å². The van der Waals surface area contributed by atoms with Gasteiger partial charge in [0.15, 0.2) is 5.89 Å². The molecule has 0 aliphatic carbocycles. The molecular formula is C25H27N5O3. The van der Waals surface area contributed by atoms with Crippen molar-refractivity contribution in [3.8, 4) is 0 Å². The molecule has 1 atom stereocenters. The highest BCUT2D eigenvalue weighted by atomic mass is 16.4. The lowest BCUT2D eigenvalue weighted by molar-refractivity contribution is -0.117. The largest absolute Gasteiger partial charge is 0.436 e. The van der Waals surface area contributed by atoms with Gasteiger partial charge in [-0.2, -0.15) is 0 Å². The predicted octanol–water partition coefficient (Wildman–Crippen LogP) is 3.50. The lowest BCUT2D eigenvalue weighted by Crippen LogP contribution is -2.39. The molecule has 1 saturated heterocycles. The van der Waals surface area contributed by atoms with Crippen molar-refractivity contribution in [3.05, 3.63) is 70.3 Å². The first-order valence-corrected chi connectivity index (χ1v) is 11.4. The van der Waals surface area contributed by atoms with Crippen molar-refractivity contribution in [1.82, 2.24) is 19.9 Å². The molecule has 33 heavy (non-hydrogen) atoms. The van der Waals surface area contributed by atoms with Crippen molar-refractivity contribution in [2.45, 2.75) is 52.5 Å². The fourth-order valence-electron chi connectivity index (χ4n) is 4.75. The van der Waals surface area contributed by atoms with Crippen LogP contribution in [0.4, 0.5) is 5.82 Å². The highest BCUT2D eigenvalue weighted by Crippen LogP contribution is 2.34. The molecule has 2 amide bonds. The van der Waals surface area contributed by atoms with Gasteiger partial charge >= 0.3 is 0 Å². The number of fused-ring (bicyclic) bond motifs is 1. The molecule has 2 aliphatic rings. The third-order valence-corrected chi connectivity index (χ3v) is 6.45. The number of piperidine rings is 1. The Morgan fingerprint density at radius 3 is 2.61 bits per heavy atom. The van der Waals surface area contributed by atoms with Crippen LogP contribution in [-0.4, -0.2) is 44.8 Å². The number of likely N-dealkylation sites (tertiary alicyclic amines) is 1. The SMILES string of the molecule is Cc1nc(C)c(C(=O)N2CCCC(c3nc(C)c4c(n3)N(Cc3ccccc3)C(=O)C4)C2)o1. The molecule has 3 aromatic rings. The highest BCUT2D eigenvalue weighted by molar-refractivity contribution is 6.00. The van der Waals surface area contributed by atoms with Crippen LogP contribution in [0.25, 0.3) is 0 Å². The molecule has 5 rings (SSSR count). The van der Waals surface area contributed by atoms with E-state index in [4.69, 9.17) is 14.4 Å². The summed E-state index contributed by atoms with van der Waals surface area (Å²) in [6.45, 7) is 7.14. The second kappa shape index (κ2) is 8.42. The van der Waals surface area contributed by atoms with E-state index in [1.54, 1.807) is 23.6 Å². The van der Waals surface area contributed by atoms with Gasteiger partial charge in [0.05, 0.1) is 18.7 Å². The molecule has 0 radical (unpaired) electrons. The maximum atomic E-state index is 13.1. The summed E-state index contributed by atoms with van der Waals surface area (Å²) in [5.74, 6) is 2.10. The van der Waals surface area contributed by atoms with Crippen LogP contribution in [0.5, 0.6) is 0 Å². The average molecular weight is 446 g/mol. The first-order chi connectivity index (χ1) is 15.9. The van der Waals surface area contributed by atoms with E-state index in [1.165, 1.54) is 0 Å². The Balaban J connectivity index is 1.41. The molecule has 4 heterocycles. The van der Waals surface area contributed by atoms with Gasteiger partial charge in [0.2, 0.25) is 11.7 Å². The van der Waals surface area contributed by atoms with Crippen LogP contribution >= 0.6 is 0 Å². The predicted molar refractivity (Wildman–Crippen MR) is 122 cm³/mol. The lowest BCUT2D eigenvalue weighted by Gasteiger charge is -2.32. The molecule has 1 fully saturated rings. The van der Waals surface area contributed by atoms with E-state index in [-0.39, 0.29) is 17.7 Å². The maximum Gasteiger partial charge on any atom is 0.291 e. The molecule has 8 nitrogen and oxygen atoms in total. The standard InChI is InChI=1S/C25H27N5O3/c1-15-20-12-21(31)30(13-18-8-5-4-6-9-18)24(20)28-23(27-15)19-10-7-11-29(14-19)25(32)22-16(2)26-17(3)33-22/h4-6,8-9,19H,7,10-14H2,1-3H3. The zero-order chi connectivity index (χ0) is 23.1.